The van der Waals surface area contributed by atoms with E-state index in [0.717, 1.165) is 36.4 Å². The van der Waals surface area contributed by atoms with E-state index < -0.39 is 47.0 Å². The predicted octanol–water partition coefficient (Wildman–Crippen LogP) is 20.8. The summed E-state index contributed by atoms with van der Waals surface area (Å²) < 4.78 is 176. The first kappa shape index (κ1) is 54.9. The third kappa shape index (κ3) is 9.56. The molecule has 0 radical (unpaired) electrons. The van der Waals surface area contributed by atoms with Crippen LogP contribution in [0, 0.1) is 39.0 Å². The molecule has 0 bridgehead atoms. The van der Waals surface area contributed by atoms with Gasteiger partial charge in [0.15, 0.2) is 0 Å². The molecule has 0 saturated carbocycles. The van der Waals surface area contributed by atoms with E-state index >= 15 is 0 Å². The number of rotatable bonds is 7. The van der Waals surface area contributed by atoms with E-state index in [2.05, 4.69) is 6.07 Å². The highest BCUT2D eigenvalue weighted by Gasteiger charge is 2.36. The quantitative estimate of drug-likeness (QED) is 0.149. The maximum Gasteiger partial charge on any atom is 0.417 e. The molecule has 0 spiro atoms. The average molecular weight is 1140 g/mol. The molecule has 0 fully saturated rings. The average Bonchev–Trinajstić information content (AvgIpc) is 1.89. The normalized spacial score (nSPS) is 12.5. The number of hydrogen-bond acceptors (Lipinski definition) is 2. The fourth-order valence-electron chi connectivity index (χ4n) is 11.6. The molecule has 3 heterocycles. The molecule has 16 heteroatoms. The van der Waals surface area contributed by atoms with Gasteiger partial charge in [-0.25, -0.2) is 4.98 Å². The monoisotopic (exact) mass is 1140 g/mol. The molecule has 9 aromatic carbocycles. The van der Waals surface area contributed by atoms with Crippen molar-refractivity contribution in [1.82, 2.24) is 14.1 Å². The van der Waals surface area contributed by atoms with Gasteiger partial charge in [-0.3, -0.25) is 4.57 Å². The highest BCUT2D eigenvalue weighted by molar-refractivity contribution is 6.14. The van der Waals surface area contributed by atoms with Crippen LogP contribution in [0.1, 0.15) is 50.1 Å². The molecule has 84 heavy (non-hydrogen) atoms. The van der Waals surface area contributed by atoms with E-state index in [-0.39, 0.29) is 33.6 Å². The van der Waals surface area contributed by atoms with Crippen molar-refractivity contribution in [2.45, 2.75) is 52.4 Å². The van der Waals surface area contributed by atoms with Gasteiger partial charge in [-0.15, -0.1) is 0 Å². The van der Waals surface area contributed by atoms with Crippen LogP contribution in [-0.4, -0.2) is 14.1 Å². The van der Waals surface area contributed by atoms with Gasteiger partial charge in [0.25, 0.3) is 0 Å². The number of alkyl halides is 12. The number of nitrogens with zero attached hydrogens (tertiary/aromatic N) is 4. The standard InChI is InChI=1S/C68H42F12N4/c1-36-9-17-50(57(25-36)67(75,76)77)42-13-22-60-53(31-42)52-29-40(47-19-15-45(27-38(47)3)65(69,70)71)11-21-59(52)83(60)63-35-82-64(33-56(63)49-8-6-5-7-44(49)34-81)84-61-23-12-41(48-20-16-46(28-39(48)4)66(72,73)74)30-54(61)55-32-43(14-24-62(55)84)51-18-10-37(2)26-58(51)68(78,79)80/h5-33,35H,1-4H3. The zero-order chi connectivity index (χ0) is 59.5. The van der Waals surface area contributed by atoms with Gasteiger partial charge >= 0.3 is 24.7 Å². The zero-order valence-corrected chi connectivity index (χ0v) is 44.6. The van der Waals surface area contributed by atoms with Crippen molar-refractivity contribution in [3.05, 3.63) is 232 Å². The van der Waals surface area contributed by atoms with E-state index in [1.165, 1.54) is 24.3 Å². The van der Waals surface area contributed by atoms with Gasteiger partial charge in [0.1, 0.15) is 5.82 Å². The zero-order valence-electron chi connectivity index (χ0n) is 44.6. The summed E-state index contributed by atoms with van der Waals surface area (Å²) in [6.07, 6.45) is -17.1. The lowest BCUT2D eigenvalue weighted by atomic mass is 9.95. The maximum atomic E-state index is 14.8. The van der Waals surface area contributed by atoms with E-state index in [9.17, 15) is 57.9 Å². The number of benzene rings is 9. The largest absolute Gasteiger partial charge is 0.417 e. The molecular weight excluding hydrogens is 1100 g/mol. The number of fused-ring (bicyclic) bond motifs is 6. The van der Waals surface area contributed by atoms with Crippen LogP contribution in [0.5, 0.6) is 0 Å². The van der Waals surface area contributed by atoms with Crippen LogP contribution in [-0.2, 0) is 24.7 Å². The van der Waals surface area contributed by atoms with Crippen molar-refractivity contribution in [3.8, 4) is 73.2 Å². The fourth-order valence-corrected chi connectivity index (χ4v) is 11.6. The molecule has 12 aromatic rings. The Morgan fingerprint density at radius 3 is 1.15 bits per heavy atom. The minimum atomic E-state index is -4.72. The summed E-state index contributed by atoms with van der Waals surface area (Å²) in [7, 11) is 0. The molecule has 0 saturated heterocycles. The maximum absolute atomic E-state index is 14.8. The number of halogens is 12. The van der Waals surface area contributed by atoms with Crippen LogP contribution >= 0.6 is 0 Å². The van der Waals surface area contributed by atoms with Crippen LogP contribution in [0.15, 0.2) is 182 Å². The topological polar surface area (TPSA) is 46.5 Å². The van der Waals surface area contributed by atoms with Crippen molar-refractivity contribution in [3.63, 3.8) is 0 Å². The number of aryl methyl sites for hydroxylation is 4. The molecule has 0 unspecified atom stereocenters. The van der Waals surface area contributed by atoms with Gasteiger partial charge in [-0.1, -0.05) is 90.0 Å². The van der Waals surface area contributed by atoms with Crippen LogP contribution in [0.4, 0.5) is 52.7 Å². The summed E-state index contributed by atoms with van der Waals surface area (Å²) in [6.45, 7) is 6.24. The van der Waals surface area contributed by atoms with E-state index in [0.29, 0.717) is 105 Å². The molecule has 0 aliphatic heterocycles. The minimum Gasteiger partial charge on any atom is -0.307 e. The van der Waals surface area contributed by atoms with Crippen molar-refractivity contribution < 1.29 is 52.7 Å². The Bertz CT molecular complexity index is 4740. The lowest BCUT2D eigenvalue weighted by molar-refractivity contribution is -0.138. The van der Waals surface area contributed by atoms with Gasteiger partial charge in [-0.05, 0) is 180 Å². The number of hydrogen-bond donors (Lipinski definition) is 0. The minimum absolute atomic E-state index is 0.0805. The molecule has 0 aliphatic rings. The predicted molar refractivity (Wildman–Crippen MR) is 304 cm³/mol. The van der Waals surface area contributed by atoms with E-state index in [1.54, 1.807) is 154 Å². The lowest BCUT2D eigenvalue weighted by Crippen LogP contribution is -2.07. The molecule has 0 atom stereocenters. The van der Waals surface area contributed by atoms with E-state index in [4.69, 9.17) is 4.98 Å². The van der Waals surface area contributed by atoms with Crippen molar-refractivity contribution in [2.75, 3.05) is 0 Å². The summed E-state index contributed by atoms with van der Waals surface area (Å²) in [5, 5.41) is 12.7. The summed E-state index contributed by atoms with van der Waals surface area (Å²) in [4.78, 5) is 5.10. The summed E-state index contributed by atoms with van der Waals surface area (Å²) >= 11 is 0. The van der Waals surface area contributed by atoms with Gasteiger partial charge in [0.05, 0.1) is 67.8 Å². The number of pyridine rings is 1. The van der Waals surface area contributed by atoms with Crippen molar-refractivity contribution in [1.29, 1.82) is 5.26 Å². The second kappa shape index (κ2) is 19.8. The van der Waals surface area contributed by atoms with Crippen LogP contribution in [0.25, 0.3) is 111 Å². The van der Waals surface area contributed by atoms with Gasteiger partial charge in [0, 0.05) is 32.7 Å². The van der Waals surface area contributed by atoms with E-state index in [1.807, 2.05) is 4.57 Å². The molecule has 3 aromatic heterocycles. The summed E-state index contributed by atoms with van der Waals surface area (Å²) in [5.74, 6) is 0.279. The first-order valence-corrected chi connectivity index (χ1v) is 26.2. The van der Waals surface area contributed by atoms with Crippen molar-refractivity contribution >= 4 is 43.6 Å². The highest BCUT2D eigenvalue weighted by atomic mass is 19.4. The molecule has 0 amide bonds. The first-order valence-electron chi connectivity index (χ1n) is 26.2. The van der Waals surface area contributed by atoms with Crippen molar-refractivity contribution in [2.24, 2.45) is 0 Å². The van der Waals surface area contributed by atoms with Crippen LogP contribution in [0.2, 0.25) is 0 Å². The van der Waals surface area contributed by atoms with Gasteiger partial charge in [0.2, 0.25) is 0 Å². The summed E-state index contributed by atoms with van der Waals surface area (Å²) in [6, 6.07) is 46.1. The van der Waals surface area contributed by atoms with Gasteiger partial charge in [-0.2, -0.15) is 57.9 Å². The number of nitriles is 1. The SMILES string of the molecule is Cc1ccc(-c2ccc3c(c2)c2cc(-c4ccc(C(F)(F)F)cc4C)ccc2n3-c2cc(-c3ccccc3C#N)c(-n3c4ccc(-c5ccc(C(F)(F)F)cc5C)cc4c4cc(-c5ccc(C)cc5C(F)(F)F)ccc43)cn2)c(C(F)(F)F)c1. The molecular formula is C68H42F12N4. The Balaban J connectivity index is 1.13. The lowest BCUT2D eigenvalue weighted by Gasteiger charge is -2.18. The van der Waals surface area contributed by atoms with Crippen LogP contribution < -0.4 is 0 Å². The fraction of sp³-hybridized carbons (Fsp3) is 0.118. The Labute approximate surface area is 471 Å². The third-order valence-corrected chi connectivity index (χ3v) is 15.5. The molecule has 4 nitrogen and oxygen atoms in total. The summed E-state index contributed by atoms with van der Waals surface area (Å²) in [5.41, 5.74) is 3.95. The Morgan fingerprint density at radius 1 is 0.369 bits per heavy atom. The highest BCUT2D eigenvalue weighted by Crippen LogP contribution is 2.47. The third-order valence-electron chi connectivity index (χ3n) is 15.5. The number of aromatic nitrogens is 3. The molecule has 12 rings (SSSR count). The van der Waals surface area contributed by atoms with Gasteiger partial charge < -0.3 is 4.57 Å². The second-order valence-electron chi connectivity index (χ2n) is 21.0. The smallest absolute Gasteiger partial charge is 0.307 e. The molecule has 0 N–H and O–H groups in total. The molecule has 0 aliphatic carbocycles. The van der Waals surface area contributed by atoms with Crippen LogP contribution in [0.3, 0.4) is 0 Å². The molecule has 418 valence electrons. The second-order valence-corrected chi connectivity index (χ2v) is 21.0. The Kier molecular flexibility index (Phi) is 12.9. The first-order chi connectivity index (χ1) is 39.8. The Hall–Kier alpha value is -9.62. The Morgan fingerprint density at radius 2 is 0.762 bits per heavy atom.